The lowest BCUT2D eigenvalue weighted by Gasteiger charge is -2.34. The van der Waals surface area contributed by atoms with Crippen molar-refractivity contribution in [2.45, 2.75) is 44.4 Å². The molecular formula is C15H22FNO3S. The minimum absolute atomic E-state index is 0.0469. The van der Waals surface area contributed by atoms with Crippen LogP contribution in [0.15, 0.2) is 24.3 Å². The molecule has 0 heterocycles. The number of nitrogens with one attached hydrogen (secondary N) is 1. The van der Waals surface area contributed by atoms with E-state index in [9.17, 15) is 13.7 Å². The zero-order valence-corrected chi connectivity index (χ0v) is 13.8. The summed E-state index contributed by atoms with van der Waals surface area (Å²) in [6, 6.07) is 5.90. The number of halogens is 1. The van der Waals surface area contributed by atoms with Crippen LogP contribution in [0.2, 0.25) is 0 Å². The van der Waals surface area contributed by atoms with Crippen molar-refractivity contribution in [3.8, 4) is 0 Å². The molecule has 1 aromatic rings. The molecule has 0 aliphatic carbocycles. The summed E-state index contributed by atoms with van der Waals surface area (Å²) in [5, 5.41) is 0. The molecule has 0 amide bonds. The van der Waals surface area contributed by atoms with E-state index in [1.165, 1.54) is 19.2 Å². The average molecular weight is 315 g/mol. The van der Waals surface area contributed by atoms with Crippen molar-refractivity contribution in [1.29, 1.82) is 0 Å². The summed E-state index contributed by atoms with van der Waals surface area (Å²) in [4.78, 5) is 11.7. The fourth-order valence-electron chi connectivity index (χ4n) is 1.75. The highest BCUT2D eigenvalue weighted by molar-refractivity contribution is 7.90. The van der Waals surface area contributed by atoms with Gasteiger partial charge in [-0.15, -0.1) is 4.72 Å². The van der Waals surface area contributed by atoms with Gasteiger partial charge in [-0.1, -0.05) is 12.1 Å². The van der Waals surface area contributed by atoms with Gasteiger partial charge in [-0.25, -0.2) is 4.39 Å². The molecule has 0 radical (unpaired) electrons. The highest BCUT2D eigenvalue weighted by Gasteiger charge is 2.39. The molecule has 0 aromatic heterocycles. The summed E-state index contributed by atoms with van der Waals surface area (Å²) < 4.78 is 33.0. The Labute approximate surface area is 128 Å². The van der Waals surface area contributed by atoms with E-state index < -0.39 is 33.4 Å². The molecule has 6 heteroatoms. The van der Waals surface area contributed by atoms with E-state index in [1.54, 1.807) is 19.1 Å². The molecule has 2 atom stereocenters. The second-order valence-corrected chi connectivity index (χ2v) is 8.04. The minimum atomic E-state index is -1.41. The Morgan fingerprint density at radius 2 is 2.00 bits per heavy atom. The van der Waals surface area contributed by atoms with Gasteiger partial charge in [-0.3, -0.25) is 4.79 Å². The number of carbonyl (C=O) groups excluding carboxylic acids is 1. The first-order chi connectivity index (χ1) is 9.58. The van der Waals surface area contributed by atoms with Crippen molar-refractivity contribution in [2.24, 2.45) is 0 Å². The Hall–Kier alpha value is -1.11. The lowest BCUT2D eigenvalue weighted by molar-refractivity contribution is -0.142. The highest BCUT2D eigenvalue weighted by atomic mass is 32.2. The van der Waals surface area contributed by atoms with Gasteiger partial charge in [0.25, 0.3) is 0 Å². The number of rotatable bonds is 5. The molecule has 1 unspecified atom stereocenters. The van der Waals surface area contributed by atoms with Crippen LogP contribution >= 0.6 is 0 Å². The van der Waals surface area contributed by atoms with E-state index in [1.807, 2.05) is 20.8 Å². The molecule has 1 N–H and O–H groups in total. The third kappa shape index (κ3) is 4.98. The third-order valence-corrected chi connectivity index (χ3v) is 4.81. The predicted octanol–water partition coefficient (Wildman–Crippen LogP) is 2.66. The van der Waals surface area contributed by atoms with Crippen LogP contribution in [-0.4, -0.2) is 22.4 Å². The standard InChI is InChI=1S/C15H22FNO3S/c1-14(2,3)21(19)17-15(4,10-13(18)20-5)11-7-6-8-12(16)9-11/h6-9,17H,10H2,1-5H3/t15-,21?/m1/s1. The van der Waals surface area contributed by atoms with Gasteiger partial charge in [-0.2, -0.15) is 0 Å². The first-order valence-corrected chi connectivity index (χ1v) is 7.76. The van der Waals surface area contributed by atoms with Crippen molar-refractivity contribution in [3.63, 3.8) is 0 Å². The maximum absolute atomic E-state index is 13.5. The van der Waals surface area contributed by atoms with Crippen LogP contribution in [0.25, 0.3) is 0 Å². The first kappa shape index (κ1) is 17.9. The number of benzene rings is 1. The van der Waals surface area contributed by atoms with Gasteiger partial charge < -0.3 is 9.29 Å². The van der Waals surface area contributed by atoms with E-state index >= 15 is 0 Å². The summed E-state index contributed by atoms with van der Waals surface area (Å²) >= 11 is -1.41. The maximum atomic E-state index is 13.5. The zero-order chi connectivity index (χ0) is 16.3. The molecular weight excluding hydrogens is 293 g/mol. The van der Waals surface area contributed by atoms with Crippen LogP contribution in [0.4, 0.5) is 4.39 Å². The van der Waals surface area contributed by atoms with Crippen LogP contribution in [-0.2, 0) is 26.4 Å². The molecule has 1 rings (SSSR count). The van der Waals surface area contributed by atoms with Crippen molar-refractivity contribution in [3.05, 3.63) is 35.6 Å². The van der Waals surface area contributed by atoms with Gasteiger partial charge in [0.2, 0.25) is 0 Å². The van der Waals surface area contributed by atoms with Crippen LogP contribution in [0, 0.1) is 5.82 Å². The minimum Gasteiger partial charge on any atom is -0.598 e. The van der Waals surface area contributed by atoms with Crippen LogP contribution in [0.1, 0.15) is 39.7 Å². The number of methoxy groups -OCH3 is 1. The highest BCUT2D eigenvalue weighted by Crippen LogP contribution is 2.29. The number of carbonyl (C=O) groups is 1. The Kier molecular flexibility index (Phi) is 5.78. The van der Waals surface area contributed by atoms with E-state index in [-0.39, 0.29) is 6.42 Å². The topological polar surface area (TPSA) is 61.4 Å². The second kappa shape index (κ2) is 6.77. The summed E-state index contributed by atoms with van der Waals surface area (Å²) in [5.74, 6) is -0.868. The molecule has 0 aliphatic rings. The van der Waals surface area contributed by atoms with Crippen LogP contribution in [0.3, 0.4) is 0 Å². The largest absolute Gasteiger partial charge is 0.598 e. The van der Waals surface area contributed by atoms with Gasteiger partial charge in [0.15, 0.2) is 0 Å². The van der Waals surface area contributed by atoms with Gasteiger partial charge in [0, 0.05) is 11.4 Å². The van der Waals surface area contributed by atoms with E-state index in [0.29, 0.717) is 5.56 Å². The number of hydrogen-bond donors (Lipinski definition) is 1. The average Bonchev–Trinajstić information content (AvgIpc) is 2.37. The lowest BCUT2D eigenvalue weighted by atomic mass is 9.90. The molecule has 0 bridgehead atoms. The molecule has 1 aromatic carbocycles. The molecule has 0 fully saturated rings. The molecule has 0 spiro atoms. The summed E-state index contributed by atoms with van der Waals surface area (Å²) in [7, 11) is 1.29. The van der Waals surface area contributed by atoms with Crippen LogP contribution < -0.4 is 4.72 Å². The Balaban J connectivity index is 3.14. The van der Waals surface area contributed by atoms with Crippen molar-refractivity contribution >= 4 is 17.3 Å². The summed E-state index contributed by atoms with van der Waals surface area (Å²) in [5.41, 5.74) is -0.432. The molecule has 0 aliphatic heterocycles. The van der Waals surface area contributed by atoms with E-state index in [4.69, 9.17) is 4.74 Å². The second-order valence-electron chi connectivity index (χ2n) is 6.08. The smallest absolute Gasteiger partial charge is 0.307 e. The molecule has 0 saturated heterocycles. The maximum Gasteiger partial charge on any atom is 0.307 e. The van der Waals surface area contributed by atoms with E-state index in [2.05, 4.69) is 4.72 Å². The lowest BCUT2D eigenvalue weighted by Crippen LogP contribution is -2.51. The molecule has 4 nitrogen and oxygen atoms in total. The first-order valence-electron chi connectivity index (χ1n) is 6.61. The SMILES string of the molecule is COC(=O)C[C@@](C)(N[S+]([O-])C(C)(C)C)c1cccc(F)c1. The van der Waals surface area contributed by atoms with Crippen molar-refractivity contribution < 1.29 is 18.5 Å². The molecule has 118 valence electrons. The quantitative estimate of drug-likeness (QED) is 0.670. The monoisotopic (exact) mass is 315 g/mol. The summed E-state index contributed by atoms with van der Waals surface area (Å²) in [6.07, 6.45) is -0.0469. The normalized spacial score (nSPS) is 16.1. The van der Waals surface area contributed by atoms with Gasteiger partial charge in [0.1, 0.15) is 10.6 Å². The fourth-order valence-corrected chi connectivity index (χ4v) is 2.65. The molecule has 21 heavy (non-hydrogen) atoms. The number of hydrogen-bond acceptors (Lipinski definition) is 4. The fraction of sp³-hybridized carbons (Fsp3) is 0.533. The summed E-state index contributed by atoms with van der Waals surface area (Å²) in [6.45, 7) is 7.17. The van der Waals surface area contributed by atoms with Crippen LogP contribution in [0.5, 0.6) is 0 Å². The Morgan fingerprint density at radius 1 is 1.38 bits per heavy atom. The molecule has 0 saturated carbocycles. The third-order valence-electron chi connectivity index (χ3n) is 3.06. The number of esters is 1. The van der Waals surface area contributed by atoms with Crippen molar-refractivity contribution in [1.82, 2.24) is 4.72 Å². The Morgan fingerprint density at radius 3 is 2.48 bits per heavy atom. The Bertz CT molecular complexity index is 504. The van der Waals surface area contributed by atoms with Gasteiger partial charge >= 0.3 is 5.97 Å². The van der Waals surface area contributed by atoms with E-state index in [0.717, 1.165) is 0 Å². The van der Waals surface area contributed by atoms with Gasteiger partial charge in [0.05, 0.1) is 19.1 Å². The van der Waals surface area contributed by atoms with Crippen molar-refractivity contribution in [2.75, 3.05) is 7.11 Å². The number of ether oxygens (including phenoxy) is 1. The zero-order valence-electron chi connectivity index (χ0n) is 13.0. The van der Waals surface area contributed by atoms with Gasteiger partial charge in [-0.05, 0) is 45.4 Å². The predicted molar refractivity (Wildman–Crippen MR) is 81.4 cm³/mol.